The Morgan fingerprint density at radius 2 is 1.25 bits per heavy atom. The van der Waals surface area contributed by atoms with Crippen molar-refractivity contribution in [1.82, 2.24) is 15.0 Å². The van der Waals surface area contributed by atoms with E-state index in [2.05, 4.69) is 30.4 Å². The summed E-state index contributed by atoms with van der Waals surface area (Å²) in [6.07, 6.45) is 6.73. The van der Waals surface area contributed by atoms with Gasteiger partial charge in [-0.05, 0) is 86.2 Å². The molecule has 69 heavy (non-hydrogen) atoms. The van der Waals surface area contributed by atoms with Crippen LogP contribution in [0.2, 0.25) is 0 Å². The van der Waals surface area contributed by atoms with E-state index >= 15 is 0 Å². The Morgan fingerprint density at radius 1 is 0.710 bits per heavy atom. The van der Waals surface area contributed by atoms with Crippen LogP contribution in [0.5, 0.6) is 0 Å². The first-order valence-electron chi connectivity index (χ1n) is 23.5. The highest BCUT2D eigenvalue weighted by molar-refractivity contribution is 6.44. The molecular weight excluding hydrogens is 877 g/mol. The second kappa shape index (κ2) is 25.2. The number of nitrogens with zero attached hydrogens (tertiary/aromatic N) is 9. The molecule has 1 aliphatic carbocycles. The van der Waals surface area contributed by atoms with Gasteiger partial charge in [0.05, 0.1) is 47.1 Å². The second-order valence-electron chi connectivity index (χ2n) is 17.4. The van der Waals surface area contributed by atoms with E-state index in [0.29, 0.717) is 76.1 Å². The zero-order valence-corrected chi connectivity index (χ0v) is 41.6. The number of hydrogen-bond acceptors (Lipinski definition) is 15. The number of ether oxygens (including phenoxy) is 1. The smallest absolute Gasteiger partial charge is 0.305 e. The summed E-state index contributed by atoms with van der Waals surface area (Å²) in [7, 11) is 11.4. The maximum absolute atomic E-state index is 13.8. The molecule has 0 fully saturated rings. The summed E-state index contributed by atoms with van der Waals surface area (Å²) in [5, 5.41) is 31.8. The monoisotopic (exact) mass is 945 g/mol. The van der Waals surface area contributed by atoms with Crippen molar-refractivity contribution in [3.63, 3.8) is 0 Å². The zero-order valence-electron chi connectivity index (χ0n) is 41.6. The minimum Gasteiger partial charge on any atom is -0.506 e. The van der Waals surface area contributed by atoms with Crippen LogP contribution < -0.4 is 20.0 Å². The number of Topliss-reactive ketones (excluding diaryl/α,β-unsaturated/α-hetero) is 2. The molecular formula is C52H68N10O7. The van der Waals surface area contributed by atoms with E-state index < -0.39 is 17.6 Å². The molecule has 3 aromatic rings. The summed E-state index contributed by atoms with van der Waals surface area (Å²) in [6, 6.07) is 21.2. The highest BCUT2D eigenvalue weighted by Crippen LogP contribution is 2.43. The van der Waals surface area contributed by atoms with Gasteiger partial charge in [0.1, 0.15) is 18.1 Å². The van der Waals surface area contributed by atoms with Crippen LogP contribution in [-0.2, 0) is 28.7 Å². The predicted octanol–water partition coefficient (Wildman–Crippen LogP) is 6.74. The van der Waals surface area contributed by atoms with E-state index in [1.807, 2.05) is 103 Å². The molecule has 2 amide bonds. The van der Waals surface area contributed by atoms with E-state index in [0.717, 1.165) is 22.5 Å². The molecule has 1 aliphatic heterocycles. The highest BCUT2D eigenvalue weighted by atomic mass is 16.5. The number of hydrogen-bond donors (Lipinski definition) is 2. The molecule has 17 nitrogen and oxygen atoms in total. The number of amides is 2. The molecule has 2 aliphatic rings. The van der Waals surface area contributed by atoms with Crippen molar-refractivity contribution < 1.29 is 33.8 Å². The fourth-order valence-electron chi connectivity index (χ4n) is 7.86. The lowest BCUT2D eigenvalue weighted by atomic mass is 9.79. The number of rotatable bonds is 26. The van der Waals surface area contributed by atoms with Crippen molar-refractivity contribution in [3.8, 4) is 0 Å². The third-order valence-corrected chi connectivity index (χ3v) is 11.6. The average Bonchev–Trinajstić information content (AvgIpc) is 3.63. The Bertz CT molecular complexity index is 2380. The first-order valence-corrected chi connectivity index (χ1v) is 23.5. The number of esters is 1. The van der Waals surface area contributed by atoms with Crippen LogP contribution in [0.15, 0.2) is 98.9 Å². The van der Waals surface area contributed by atoms with Gasteiger partial charge >= 0.3 is 5.97 Å². The van der Waals surface area contributed by atoms with E-state index in [1.54, 1.807) is 47.6 Å². The molecule has 0 saturated heterocycles. The van der Waals surface area contributed by atoms with Gasteiger partial charge in [-0.25, -0.2) is 5.01 Å². The number of ketones is 2. The van der Waals surface area contributed by atoms with Gasteiger partial charge in [0.15, 0.2) is 0 Å². The van der Waals surface area contributed by atoms with Crippen molar-refractivity contribution in [2.75, 3.05) is 102 Å². The number of aliphatic hydroxyl groups excluding tert-OH is 1. The van der Waals surface area contributed by atoms with Crippen LogP contribution in [-0.4, -0.2) is 149 Å². The van der Waals surface area contributed by atoms with E-state index in [4.69, 9.17) is 4.74 Å². The fraction of sp³-hybridized carbons (Fsp3) is 0.423. The van der Waals surface area contributed by atoms with Gasteiger partial charge in [-0.3, -0.25) is 24.0 Å². The summed E-state index contributed by atoms with van der Waals surface area (Å²) >= 11 is 0. The largest absolute Gasteiger partial charge is 0.506 e. The second-order valence-corrected chi connectivity index (χ2v) is 17.4. The van der Waals surface area contributed by atoms with Gasteiger partial charge in [0.2, 0.25) is 11.7 Å². The Balaban J connectivity index is 1.25. The average molecular weight is 945 g/mol. The summed E-state index contributed by atoms with van der Waals surface area (Å²) in [4.78, 5) is 71.8. The molecule has 0 unspecified atom stereocenters. The summed E-state index contributed by atoms with van der Waals surface area (Å²) in [5.74, 6) is -1.92. The maximum Gasteiger partial charge on any atom is 0.305 e. The minimum atomic E-state index is -0.527. The molecule has 17 heteroatoms. The molecule has 0 bridgehead atoms. The van der Waals surface area contributed by atoms with Crippen molar-refractivity contribution in [2.45, 2.75) is 65.7 Å². The Hall–Kier alpha value is -7.30. The predicted molar refractivity (Wildman–Crippen MR) is 275 cm³/mol. The molecule has 0 atom stereocenters. The van der Waals surface area contributed by atoms with Crippen molar-refractivity contribution in [2.24, 2.45) is 15.3 Å². The quantitative estimate of drug-likeness (QED) is 0.0375. The fourth-order valence-corrected chi connectivity index (χ4v) is 7.86. The van der Waals surface area contributed by atoms with Gasteiger partial charge in [0, 0.05) is 117 Å². The van der Waals surface area contributed by atoms with Gasteiger partial charge in [0.25, 0.3) is 5.91 Å². The van der Waals surface area contributed by atoms with Gasteiger partial charge in [-0.2, -0.15) is 15.3 Å². The number of aliphatic hydroxyl groups is 1. The summed E-state index contributed by atoms with van der Waals surface area (Å²) in [5.41, 5.74) is 5.64. The Morgan fingerprint density at radius 3 is 1.75 bits per heavy atom. The normalized spacial score (nSPS) is 14.6. The summed E-state index contributed by atoms with van der Waals surface area (Å²) in [6.45, 7) is 7.37. The lowest BCUT2D eigenvalue weighted by molar-refractivity contribution is -0.143. The van der Waals surface area contributed by atoms with Crippen LogP contribution in [0.4, 0.5) is 22.7 Å². The van der Waals surface area contributed by atoms with E-state index in [1.165, 1.54) is 11.9 Å². The molecule has 0 aromatic heterocycles. The molecule has 0 radical (unpaired) electrons. The van der Waals surface area contributed by atoms with Gasteiger partial charge in [-0.1, -0.05) is 31.2 Å². The molecule has 3 aromatic carbocycles. The van der Waals surface area contributed by atoms with Crippen LogP contribution in [0.1, 0.15) is 82.4 Å². The number of hydrazone groups is 3. The third kappa shape index (κ3) is 14.6. The molecule has 2 N–H and O–H groups in total. The number of carbonyl (C=O) groups excluding carboxylic acids is 5. The molecule has 5 rings (SSSR count). The maximum atomic E-state index is 13.8. The Kier molecular flexibility index (Phi) is 19.2. The number of benzene rings is 3. The molecule has 368 valence electrons. The zero-order chi connectivity index (χ0) is 50.2. The topological polar surface area (TPSA) is 183 Å². The molecule has 0 saturated carbocycles. The van der Waals surface area contributed by atoms with Crippen molar-refractivity contribution >= 4 is 75.8 Å². The third-order valence-electron chi connectivity index (χ3n) is 11.6. The van der Waals surface area contributed by atoms with Crippen LogP contribution in [0.25, 0.3) is 5.57 Å². The number of nitrogens with one attached hydrogen (secondary N) is 1. The lowest BCUT2D eigenvalue weighted by Crippen LogP contribution is -2.31. The molecule has 1 heterocycles. The van der Waals surface area contributed by atoms with Gasteiger partial charge < -0.3 is 39.9 Å². The van der Waals surface area contributed by atoms with E-state index in [-0.39, 0.29) is 65.1 Å². The van der Waals surface area contributed by atoms with Gasteiger partial charge in [-0.15, -0.1) is 0 Å². The standard InChI is InChI=1S/C52H68N10O7/c1-10-44-48(52(68)62(11-2)56-44)49-50(66)47(51(49)67)43-27-26-41(33-45(43)55-36(3)63)61(30-13-16-42(64)15-12-28-59(8)39-22-18-37(19-23-39)34-53-57(4)5)31-32-69-46(65)17-14-29-60(9)40-24-20-38(21-25-40)35-54-58(6)7/h18-27,33-35,66H,10-17,28-32H2,1-9H3,(H,55,63)/b49-48?,53-34+,54-35+. The molecule has 0 spiro atoms. The van der Waals surface area contributed by atoms with Crippen LogP contribution >= 0.6 is 0 Å². The summed E-state index contributed by atoms with van der Waals surface area (Å²) < 4.78 is 5.73. The van der Waals surface area contributed by atoms with E-state index in [9.17, 15) is 29.1 Å². The number of anilines is 4. The van der Waals surface area contributed by atoms with Crippen LogP contribution in [0, 0.1) is 0 Å². The SMILES string of the molecule is CCC1=NN(CC)C(=O)C1=C1C(=O)C(c2ccc(N(CCCC(=O)CCCN(C)c3ccc(/C=N/N(C)C)cc3)CCOC(=O)CCCN(C)c3ccc(/C=N/N(C)C)cc3)cc2NC(C)=O)=C1O. The first kappa shape index (κ1) is 52.7. The lowest BCUT2D eigenvalue weighted by Gasteiger charge is -2.28. The number of allylic oxidation sites excluding steroid dienone is 2. The number of carbonyl (C=O) groups is 5. The van der Waals surface area contributed by atoms with Crippen molar-refractivity contribution in [1.29, 1.82) is 0 Å². The number of likely N-dealkylation sites (N-methyl/N-ethyl adjacent to an activating group) is 1. The Labute approximate surface area is 406 Å². The highest BCUT2D eigenvalue weighted by Gasteiger charge is 2.43. The van der Waals surface area contributed by atoms with Crippen molar-refractivity contribution in [3.05, 3.63) is 100 Å². The first-order chi connectivity index (χ1) is 33.0. The van der Waals surface area contributed by atoms with Crippen LogP contribution in [0.3, 0.4) is 0 Å². The minimum absolute atomic E-state index is 0.0219.